The Morgan fingerprint density at radius 1 is 1.12 bits per heavy atom. The van der Waals surface area contributed by atoms with E-state index in [2.05, 4.69) is 10.6 Å². The van der Waals surface area contributed by atoms with Crippen molar-refractivity contribution in [3.8, 4) is 5.75 Å². The van der Waals surface area contributed by atoms with Crippen LogP contribution >= 0.6 is 0 Å². The molecule has 1 heterocycles. The first-order valence-corrected chi connectivity index (χ1v) is 11.1. The molecule has 2 amide bonds. The fourth-order valence-electron chi connectivity index (χ4n) is 3.41. The topological polar surface area (TPSA) is 97.0 Å². The highest BCUT2D eigenvalue weighted by Gasteiger charge is 2.33. The fraction of sp³-hybridized carbons (Fsp3) is 0.400. The second-order valence-corrected chi connectivity index (χ2v) is 8.41. The number of esters is 1. The average Bonchev–Trinajstić information content (AvgIpc) is 2.80. The summed E-state index contributed by atoms with van der Waals surface area (Å²) in [5.41, 5.74) is 1.70. The third-order valence-electron chi connectivity index (χ3n) is 5.11. The van der Waals surface area contributed by atoms with E-state index in [1.54, 1.807) is 29.2 Å². The largest absolute Gasteiger partial charge is 0.489 e. The number of carbonyl (C=O) groups excluding carboxylic acids is 3. The predicted molar refractivity (Wildman–Crippen MR) is 125 cm³/mol. The fourth-order valence-corrected chi connectivity index (χ4v) is 3.41. The highest BCUT2D eigenvalue weighted by atomic mass is 16.5. The number of nitrogens with zero attached hydrogens (tertiary/aromatic N) is 1. The standard InChI is InChI=1S/C25H31N3O5/c1-18(2)16-33-24(30)14-22-25(31)26-12-13-28(22)15-23(29)27-20-8-10-21(11-9-20)32-17-19-6-4-3-5-7-19/h3-11,18,22H,12-17H2,1-2H3,(H,26,31)(H,27,29). The number of nitrogens with one attached hydrogen (secondary N) is 2. The van der Waals surface area contributed by atoms with Gasteiger partial charge in [0.05, 0.1) is 19.6 Å². The molecule has 1 unspecified atom stereocenters. The number of benzene rings is 2. The van der Waals surface area contributed by atoms with Gasteiger partial charge in [-0.3, -0.25) is 19.3 Å². The molecule has 3 rings (SSSR count). The lowest BCUT2D eigenvalue weighted by atomic mass is 10.1. The van der Waals surface area contributed by atoms with Gasteiger partial charge in [-0.1, -0.05) is 44.2 Å². The van der Waals surface area contributed by atoms with Crippen LogP contribution in [0.5, 0.6) is 5.75 Å². The minimum Gasteiger partial charge on any atom is -0.489 e. The quantitative estimate of drug-likeness (QED) is 0.537. The zero-order valence-corrected chi connectivity index (χ0v) is 19.1. The zero-order chi connectivity index (χ0) is 23.6. The van der Waals surface area contributed by atoms with Crippen LogP contribution < -0.4 is 15.4 Å². The van der Waals surface area contributed by atoms with Gasteiger partial charge >= 0.3 is 5.97 Å². The number of hydrogen-bond acceptors (Lipinski definition) is 6. The molecule has 0 aromatic heterocycles. The molecule has 2 aromatic carbocycles. The molecule has 0 radical (unpaired) electrons. The molecule has 0 aliphatic carbocycles. The Hall–Kier alpha value is -3.39. The summed E-state index contributed by atoms with van der Waals surface area (Å²) < 4.78 is 11.0. The third-order valence-corrected chi connectivity index (χ3v) is 5.11. The molecular weight excluding hydrogens is 422 g/mol. The van der Waals surface area contributed by atoms with Crippen molar-refractivity contribution in [2.75, 3.05) is 31.6 Å². The zero-order valence-electron chi connectivity index (χ0n) is 19.1. The van der Waals surface area contributed by atoms with Crippen molar-refractivity contribution in [3.63, 3.8) is 0 Å². The van der Waals surface area contributed by atoms with E-state index in [4.69, 9.17) is 9.47 Å². The maximum Gasteiger partial charge on any atom is 0.307 e. The van der Waals surface area contributed by atoms with Crippen molar-refractivity contribution >= 4 is 23.5 Å². The van der Waals surface area contributed by atoms with E-state index in [0.29, 0.717) is 37.7 Å². The van der Waals surface area contributed by atoms with Gasteiger partial charge in [0.1, 0.15) is 18.4 Å². The van der Waals surface area contributed by atoms with Gasteiger partial charge in [0, 0.05) is 18.8 Å². The first kappa shape index (κ1) is 24.3. The SMILES string of the molecule is CC(C)COC(=O)CC1C(=O)NCCN1CC(=O)Nc1ccc(OCc2ccccc2)cc1. The minimum atomic E-state index is -0.724. The molecule has 2 N–H and O–H groups in total. The van der Waals surface area contributed by atoms with E-state index >= 15 is 0 Å². The Kier molecular flexibility index (Phi) is 8.83. The Labute approximate surface area is 194 Å². The van der Waals surface area contributed by atoms with Crippen LogP contribution in [0.1, 0.15) is 25.8 Å². The monoisotopic (exact) mass is 453 g/mol. The molecule has 33 heavy (non-hydrogen) atoms. The summed E-state index contributed by atoms with van der Waals surface area (Å²) >= 11 is 0. The number of carbonyl (C=O) groups is 3. The maximum absolute atomic E-state index is 12.6. The Morgan fingerprint density at radius 3 is 2.55 bits per heavy atom. The van der Waals surface area contributed by atoms with Crippen molar-refractivity contribution in [1.82, 2.24) is 10.2 Å². The molecule has 1 fully saturated rings. The van der Waals surface area contributed by atoms with E-state index in [0.717, 1.165) is 5.56 Å². The lowest BCUT2D eigenvalue weighted by Crippen LogP contribution is -2.57. The normalized spacial score (nSPS) is 16.2. The number of rotatable bonds is 10. The van der Waals surface area contributed by atoms with Gasteiger partial charge < -0.3 is 20.1 Å². The summed E-state index contributed by atoms with van der Waals surface area (Å²) in [6.07, 6.45) is -0.0840. The summed E-state index contributed by atoms with van der Waals surface area (Å²) in [4.78, 5) is 38.7. The molecular formula is C25H31N3O5. The third kappa shape index (κ3) is 7.91. The number of hydrogen-bond donors (Lipinski definition) is 2. The molecule has 0 spiro atoms. The van der Waals surface area contributed by atoms with Gasteiger partial charge in [0.25, 0.3) is 0 Å². The molecule has 176 valence electrons. The molecule has 8 nitrogen and oxygen atoms in total. The second kappa shape index (κ2) is 12.0. The molecule has 0 bridgehead atoms. The molecule has 1 aliphatic heterocycles. The summed E-state index contributed by atoms with van der Waals surface area (Å²) in [7, 11) is 0. The van der Waals surface area contributed by atoms with Crippen LogP contribution in [0.4, 0.5) is 5.69 Å². The van der Waals surface area contributed by atoms with Crippen LogP contribution in [-0.4, -0.2) is 55.0 Å². The van der Waals surface area contributed by atoms with Gasteiger partial charge in [-0.05, 0) is 35.7 Å². The average molecular weight is 454 g/mol. The minimum absolute atomic E-state index is 0.00179. The van der Waals surface area contributed by atoms with Crippen LogP contribution in [-0.2, 0) is 25.7 Å². The summed E-state index contributed by atoms with van der Waals surface area (Å²) in [5, 5.41) is 5.59. The highest BCUT2D eigenvalue weighted by molar-refractivity contribution is 5.93. The predicted octanol–water partition coefficient (Wildman–Crippen LogP) is 2.59. The van der Waals surface area contributed by atoms with Crippen LogP contribution in [0.25, 0.3) is 0 Å². The van der Waals surface area contributed by atoms with E-state index < -0.39 is 12.0 Å². The van der Waals surface area contributed by atoms with E-state index in [1.165, 1.54) is 0 Å². The first-order chi connectivity index (χ1) is 15.9. The molecule has 1 saturated heterocycles. The first-order valence-electron chi connectivity index (χ1n) is 11.1. The van der Waals surface area contributed by atoms with E-state index in [9.17, 15) is 14.4 Å². The maximum atomic E-state index is 12.6. The smallest absolute Gasteiger partial charge is 0.307 e. The van der Waals surface area contributed by atoms with Gasteiger partial charge in [-0.15, -0.1) is 0 Å². The Balaban J connectivity index is 1.50. The summed E-state index contributed by atoms with van der Waals surface area (Å²) in [6, 6.07) is 16.3. The number of amides is 2. The Bertz CT molecular complexity index is 931. The highest BCUT2D eigenvalue weighted by Crippen LogP contribution is 2.18. The van der Waals surface area contributed by atoms with Crippen LogP contribution in [0, 0.1) is 5.92 Å². The molecule has 2 aromatic rings. The van der Waals surface area contributed by atoms with Crippen molar-refractivity contribution in [2.24, 2.45) is 5.92 Å². The number of anilines is 1. The van der Waals surface area contributed by atoms with Gasteiger partial charge in [-0.2, -0.15) is 0 Å². The van der Waals surface area contributed by atoms with E-state index in [-0.39, 0.29) is 30.7 Å². The van der Waals surface area contributed by atoms with Crippen molar-refractivity contribution in [1.29, 1.82) is 0 Å². The van der Waals surface area contributed by atoms with Crippen LogP contribution in [0.2, 0.25) is 0 Å². The van der Waals surface area contributed by atoms with Crippen molar-refractivity contribution in [2.45, 2.75) is 32.9 Å². The second-order valence-electron chi connectivity index (χ2n) is 8.41. The molecule has 8 heteroatoms. The lowest BCUT2D eigenvalue weighted by molar-refractivity contribution is -0.149. The van der Waals surface area contributed by atoms with E-state index in [1.807, 2.05) is 44.2 Å². The number of ether oxygens (including phenoxy) is 2. The van der Waals surface area contributed by atoms with Crippen LogP contribution in [0.15, 0.2) is 54.6 Å². The van der Waals surface area contributed by atoms with Gasteiger partial charge in [-0.25, -0.2) is 0 Å². The summed E-state index contributed by atoms with van der Waals surface area (Å²) in [5.74, 6) is -0.0587. The Morgan fingerprint density at radius 2 is 1.85 bits per heavy atom. The molecule has 1 aliphatic rings. The van der Waals surface area contributed by atoms with Crippen molar-refractivity contribution < 1.29 is 23.9 Å². The molecule has 1 atom stereocenters. The van der Waals surface area contributed by atoms with Crippen molar-refractivity contribution in [3.05, 3.63) is 60.2 Å². The van der Waals surface area contributed by atoms with Gasteiger partial charge in [0.2, 0.25) is 11.8 Å². The van der Waals surface area contributed by atoms with Gasteiger partial charge in [0.15, 0.2) is 0 Å². The lowest BCUT2D eigenvalue weighted by Gasteiger charge is -2.33. The number of piperazine rings is 1. The molecule has 0 saturated carbocycles. The van der Waals surface area contributed by atoms with Crippen LogP contribution in [0.3, 0.4) is 0 Å². The summed E-state index contributed by atoms with van der Waals surface area (Å²) in [6.45, 7) is 5.56.